The van der Waals surface area contributed by atoms with E-state index in [1.165, 1.54) is 18.6 Å². The average molecular weight is 329 g/mol. The molecule has 1 amide bonds. The van der Waals surface area contributed by atoms with E-state index in [-0.39, 0.29) is 5.28 Å². The van der Waals surface area contributed by atoms with Gasteiger partial charge in [-0.25, -0.2) is 19.7 Å². The number of hydrogen-bond acceptors (Lipinski definition) is 7. The molecule has 9 heteroatoms. The molecule has 21 heavy (non-hydrogen) atoms. The first-order valence-electron chi connectivity index (χ1n) is 5.93. The maximum atomic E-state index is 11.6. The molecule has 0 unspecified atom stereocenters. The predicted octanol–water partition coefficient (Wildman–Crippen LogP) is 3.73. The SMILES string of the molecule is CC(C)(C)OC(=O)Nc1ncc(Oc2cnc(Cl)nc2)s1. The van der Waals surface area contributed by atoms with Crippen molar-refractivity contribution in [1.82, 2.24) is 15.0 Å². The number of carbonyl (C=O) groups is 1. The van der Waals surface area contributed by atoms with Crippen LogP contribution in [-0.4, -0.2) is 26.6 Å². The molecular formula is C12H13ClN4O3S. The molecule has 0 fully saturated rings. The molecule has 2 aromatic heterocycles. The summed E-state index contributed by atoms with van der Waals surface area (Å²) < 4.78 is 10.6. The van der Waals surface area contributed by atoms with Crippen molar-refractivity contribution in [2.45, 2.75) is 26.4 Å². The number of hydrogen-bond donors (Lipinski definition) is 1. The van der Waals surface area contributed by atoms with Crippen LogP contribution in [0.25, 0.3) is 0 Å². The summed E-state index contributed by atoms with van der Waals surface area (Å²) >= 11 is 6.73. The Morgan fingerprint density at radius 1 is 1.24 bits per heavy atom. The Morgan fingerprint density at radius 3 is 2.52 bits per heavy atom. The second kappa shape index (κ2) is 6.23. The van der Waals surface area contributed by atoms with E-state index < -0.39 is 11.7 Å². The van der Waals surface area contributed by atoms with Gasteiger partial charge in [-0.15, -0.1) is 0 Å². The number of rotatable bonds is 3. The van der Waals surface area contributed by atoms with E-state index >= 15 is 0 Å². The largest absolute Gasteiger partial charge is 0.444 e. The Morgan fingerprint density at radius 2 is 1.90 bits per heavy atom. The van der Waals surface area contributed by atoms with Gasteiger partial charge in [0.25, 0.3) is 0 Å². The third kappa shape index (κ3) is 5.16. The number of anilines is 1. The van der Waals surface area contributed by atoms with Gasteiger partial charge in [-0.3, -0.25) is 5.32 Å². The van der Waals surface area contributed by atoms with Crippen LogP contribution in [0.15, 0.2) is 18.6 Å². The summed E-state index contributed by atoms with van der Waals surface area (Å²) in [4.78, 5) is 23.2. The number of amides is 1. The fourth-order valence-electron chi connectivity index (χ4n) is 1.22. The molecule has 0 spiro atoms. The van der Waals surface area contributed by atoms with Crippen molar-refractivity contribution < 1.29 is 14.3 Å². The average Bonchev–Trinajstić information content (AvgIpc) is 2.77. The minimum atomic E-state index is -0.571. The van der Waals surface area contributed by atoms with Gasteiger partial charge in [0.15, 0.2) is 10.9 Å². The standard InChI is InChI=1S/C12H13ClN4O3S/c1-12(2,3)20-11(18)17-10-16-6-8(21-10)19-7-4-14-9(13)15-5-7/h4-6H,1-3H3,(H,16,17,18). The van der Waals surface area contributed by atoms with Gasteiger partial charge in [0.1, 0.15) is 5.60 Å². The summed E-state index contributed by atoms with van der Waals surface area (Å²) in [5, 5.41) is 3.51. The zero-order chi connectivity index (χ0) is 15.5. The van der Waals surface area contributed by atoms with Gasteiger partial charge in [0, 0.05) is 0 Å². The fourth-order valence-corrected chi connectivity index (χ4v) is 2.00. The Hall–Kier alpha value is -1.93. The molecule has 0 saturated heterocycles. The van der Waals surface area contributed by atoms with E-state index in [2.05, 4.69) is 20.3 Å². The van der Waals surface area contributed by atoms with Gasteiger partial charge >= 0.3 is 6.09 Å². The van der Waals surface area contributed by atoms with Crippen LogP contribution in [-0.2, 0) is 4.74 Å². The van der Waals surface area contributed by atoms with Gasteiger partial charge in [-0.2, -0.15) is 0 Å². The second-order valence-corrected chi connectivity index (χ2v) is 6.23. The van der Waals surface area contributed by atoms with Crippen molar-refractivity contribution >= 4 is 34.2 Å². The Balaban J connectivity index is 1.95. The Kier molecular flexibility index (Phi) is 4.59. The Labute approximate surface area is 130 Å². The van der Waals surface area contributed by atoms with Gasteiger partial charge in [-0.1, -0.05) is 11.3 Å². The highest BCUT2D eigenvalue weighted by Gasteiger charge is 2.17. The fraction of sp³-hybridized carbons (Fsp3) is 0.333. The maximum Gasteiger partial charge on any atom is 0.413 e. The van der Waals surface area contributed by atoms with Gasteiger partial charge in [0.2, 0.25) is 10.3 Å². The lowest BCUT2D eigenvalue weighted by molar-refractivity contribution is 0.0636. The quantitative estimate of drug-likeness (QED) is 0.864. The summed E-state index contributed by atoms with van der Waals surface area (Å²) in [6, 6.07) is 0. The Bertz CT molecular complexity index is 624. The minimum absolute atomic E-state index is 0.138. The lowest BCUT2D eigenvalue weighted by Gasteiger charge is -2.18. The lowest BCUT2D eigenvalue weighted by Crippen LogP contribution is -2.27. The van der Waals surface area contributed by atoms with Crippen molar-refractivity contribution in [1.29, 1.82) is 0 Å². The van der Waals surface area contributed by atoms with E-state index in [0.717, 1.165) is 11.3 Å². The van der Waals surface area contributed by atoms with E-state index in [9.17, 15) is 4.79 Å². The molecule has 0 aliphatic rings. The van der Waals surface area contributed by atoms with E-state index in [4.69, 9.17) is 21.1 Å². The smallest absolute Gasteiger partial charge is 0.413 e. The molecule has 0 radical (unpaired) electrons. The summed E-state index contributed by atoms with van der Waals surface area (Å²) in [5.41, 5.74) is -0.568. The summed E-state index contributed by atoms with van der Waals surface area (Å²) in [6.45, 7) is 5.34. The molecule has 0 saturated carbocycles. The zero-order valence-corrected chi connectivity index (χ0v) is 13.2. The molecule has 2 heterocycles. The number of halogens is 1. The highest BCUT2D eigenvalue weighted by atomic mass is 35.5. The molecule has 0 aliphatic carbocycles. The third-order valence-electron chi connectivity index (χ3n) is 1.91. The van der Waals surface area contributed by atoms with Gasteiger partial charge in [0.05, 0.1) is 18.6 Å². The topological polar surface area (TPSA) is 86.2 Å². The van der Waals surface area contributed by atoms with Crippen molar-refractivity contribution in [2.24, 2.45) is 0 Å². The summed E-state index contributed by atoms with van der Waals surface area (Å²) in [7, 11) is 0. The summed E-state index contributed by atoms with van der Waals surface area (Å²) in [6.07, 6.45) is 3.79. The first kappa shape index (κ1) is 15.5. The molecule has 112 valence electrons. The number of nitrogens with one attached hydrogen (secondary N) is 1. The van der Waals surface area contributed by atoms with Crippen molar-refractivity contribution in [3.05, 3.63) is 23.9 Å². The van der Waals surface area contributed by atoms with Crippen molar-refractivity contribution in [3.63, 3.8) is 0 Å². The van der Waals surface area contributed by atoms with Crippen LogP contribution in [0.2, 0.25) is 5.28 Å². The molecule has 0 bridgehead atoms. The van der Waals surface area contributed by atoms with Gasteiger partial charge < -0.3 is 9.47 Å². The third-order valence-corrected chi connectivity index (χ3v) is 2.89. The zero-order valence-electron chi connectivity index (χ0n) is 11.6. The number of nitrogens with zero attached hydrogens (tertiary/aromatic N) is 3. The van der Waals surface area contributed by atoms with Crippen LogP contribution < -0.4 is 10.1 Å². The number of carbonyl (C=O) groups excluding carboxylic acids is 1. The van der Waals surface area contributed by atoms with Crippen molar-refractivity contribution in [2.75, 3.05) is 5.32 Å². The first-order chi connectivity index (χ1) is 9.82. The highest BCUT2D eigenvalue weighted by molar-refractivity contribution is 7.17. The van der Waals surface area contributed by atoms with Crippen molar-refractivity contribution in [3.8, 4) is 10.8 Å². The van der Waals surface area contributed by atoms with Gasteiger partial charge in [-0.05, 0) is 32.4 Å². The van der Waals surface area contributed by atoms with Crippen LogP contribution in [0, 0.1) is 0 Å². The molecule has 0 aromatic carbocycles. The summed E-state index contributed by atoms with van der Waals surface area (Å²) in [5.74, 6) is 0.423. The van der Waals surface area contributed by atoms with E-state index in [0.29, 0.717) is 15.9 Å². The number of aromatic nitrogens is 3. The normalized spacial score (nSPS) is 11.0. The molecule has 2 aromatic rings. The first-order valence-corrected chi connectivity index (χ1v) is 7.12. The minimum Gasteiger partial charge on any atom is -0.444 e. The molecule has 0 atom stereocenters. The second-order valence-electron chi connectivity index (χ2n) is 4.90. The molecule has 7 nitrogen and oxygen atoms in total. The molecule has 2 rings (SSSR count). The maximum absolute atomic E-state index is 11.6. The highest BCUT2D eigenvalue weighted by Crippen LogP contribution is 2.30. The predicted molar refractivity (Wildman–Crippen MR) is 79.1 cm³/mol. The van der Waals surface area contributed by atoms with Crippen LogP contribution in [0.5, 0.6) is 10.8 Å². The van der Waals surface area contributed by atoms with Crippen LogP contribution in [0.3, 0.4) is 0 Å². The molecular weight excluding hydrogens is 316 g/mol. The molecule has 1 N–H and O–H groups in total. The monoisotopic (exact) mass is 328 g/mol. The lowest BCUT2D eigenvalue weighted by atomic mass is 10.2. The number of thiazole rings is 1. The van der Waals surface area contributed by atoms with E-state index in [1.807, 2.05) is 0 Å². The van der Waals surface area contributed by atoms with E-state index in [1.54, 1.807) is 20.8 Å². The van der Waals surface area contributed by atoms with Crippen LogP contribution >= 0.6 is 22.9 Å². The van der Waals surface area contributed by atoms with Crippen LogP contribution in [0.1, 0.15) is 20.8 Å². The van der Waals surface area contributed by atoms with Crippen LogP contribution in [0.4, 0.5) is 9.93 Å². The molecule has 0 aliphatic heterocycles. The number of ether oxygens (including phenoxy) is 2.